The molecule has 2 saturated heterocycles. The number of nitrogens with zero attached hydrogens (tertiary/aromatic N) is 1. The highest BCUT2D eigenvalue weighted by molar-refractivity contribution is 4.99. The van der Waals surface area contributed by atoms with Crippen molar-refractivity contribution < 1.29 is 4.74 Å². The van der Waals surface area contributed by atoms with E-state index in [1.165, 1.54) is 71.1 Å². The fraction of sp³-hybridized carbons (Fsp3) is 1.00. The van der Waals surface area contributed by atoms with Crippen molar-refractivity contribution in [2.45, 2.75) is 56.6 Å². The maximum Gasteiger partial charge on any atom is 0.0588 e. The fourth-order valence-electron chi connectivity index (χ4n) is 3.93. The van der Waals surface area contributed by atoms with E-state index < -0.39 is 0 Å². The first-order valence-electron chi connectivity index (χ1n) is 7.46. The van der Waals surface area contributed by atoms with E-state index in [2.05, 4.69) is 10.2 Å². The largest absolute Gasteiger partial charge is 0.378 e. The standard InChI is InChI=1S/C14H26N2O/c1-2-7-14(6-1)12-15-8-10-16(14)9-5-13-4-3-11-17-13/h13,15H,1-12H2. The number of ether oxygens (including phenoxy) is 1. The van der Waals surface area contributed by atoms with Crippen LogP contribution in [0.15, 0.2) is 0 Å². The Morgan fingerprint density at radius 2 is 2.12 bits per heavy atom. The summed E-state index contributed by atoms with van der Waals surface area (Å²) >= 11 is 0. The number of hydrogen-bond donors (Lipinski definition) is 1. The zero-order valence-corrected chi connectivity index (χ0v) is 10.9. The van der Waals surface area contributed by atoms with Crippen LogP contribution in [0.4, 0.5) is 0 Å². The van der Waals surface area contributed by atoms with Gasteiger partial charge in [-0.25, -0.2) is 0 Å². The molecule has 1 spiro atoms. The van der Waals surface area contributed by atoms with Crippen LogP contribution >= 0.6 is 0 Å². The SMILES string of the molecule is C1COC(CCN2CCNCC23CCCC3)C1. The van der Waals surface area contributed by atoms with E-state index in [1.54, 1.807) is 0 Å². The molecule has 2 aliphatic heterocycles. The lowest BCUT2D eigenvalue weighted by Crippen LogP contribution is -2.60. The molecule has 3 nitrogen and oxygen atoms in total. The van der Waals surface area contributed by atoms with Crippen LogP contribution in [-0.2, 0) is 4.74 Å². The van der Waals surface area contributed by atoms with Gasteiger partial charge in [-0.1, -0.05) is 12.8 Å². The first-order chi connectivity index (χ1) is 8.39. The molecule has 0 radical (unpaired) electrons. The minimum Gasteiger partial charge on any atom is -0.378 e. The molecule has 1 N–H and O–H groups in total. The summed E-state index contributed by atoms with van der Waals surface area (Å²) < 4.78 is 5.75. The molecule has 98 valence electrons. The van der Waals surface area contributed by atoms with Gasteiger partial charge in [0.2, 0.25) is 0 Å². The Labute approximate surface area is 105 Å². The molecule has 3 fully saturated rings. The van der Waals surface area contributed by atoms with Gasteiger partial charge in [0.15, 0.2) is 0 Å². The first kappa shape index (κ1) is 11.9. The molecule has 17 heavy (non-hydrogen) atoms. The Morgan fingerprint density at radius 3 is 2.88 bits per heavy atom. The summed E-state index contributed by atoms with van der Waals surface area (Å²) in [6.45, 7) is 5.89. The molecule has 3 heteroatoms. The predicted octanol–water partition coefficient (Wildman–Crippen LogP) is 1.77. The van der Waals surface area contributed by atoms with Gasteiger partial charge in [-0.05, 0) is 32.1 Å². The highest BCUT2D eigenvalue weighted by Gasteiger charge is 2.40. The van der Waals surface area contributed by atoms with Crippen LogP contribution in [-0.4, -0.2) is 49.3 Å². The molecule has 2 heterocycles. The number of piperazine rings is 1. The van der Waals surface area contributed by atoms with Gasteiger partial charge in [-0.3, -0.25) is 4.90 Å². The highest BCUT2D eigenvalue weighted by atomic mass is 16.5. The van der Waals surface area contributed by atoms with Crippen molar-refractivity contribution >= 4 is 0 Å². The minimum atomic E-state index is 0.511. The number of nitrogens with one attached hydrogen (secondary N) is 1. The summed E-state index contributed by atoms with van der Waals surface area (Å²) in [6, 6.07) is 0. The monoisotopic (exact) mass is 238 g/mol. The van der Waals surface area contributed by atoms with Crippen LogP contribution < -0.4 is 5.32 Å². The van der Waals surface area contributed by atoms with Gasteiger partial charge in [-0.15, -0.1) is 0 Å². The van der Waals surface area contributed by atoms with Crippen LogP contribution in [0.1, 0.15) is 44.9 Å². The molecule has 1 atom stereocenters. The van der Waals surface area contributed by atoms with Crippen LogP contribution in [0.3, 0.4) is 0 Å². The fourth-order valence-corrected chi connectivity index (χ4v) is 3.93. The second-order valence-corrected chi connectivity index (χ2v) is 6.02. The molecule has 3 rings (SSSR count). The lowest BCUT2D eigenvalue weighted by Gasteiger charge is -2.45. The first-order valence-corrected chi connectivity index (χ1v) is 7.46. The van der Waals surface area contributed by atoms with E-state index >= 15 is 0 Å². The quantitative estimate of drug-likeness (QED) is 0.811. The van der Waals surface area contributed by atoms with E-state index in [9.17, 15) is 0 Å². The molecule has 1 unspecified atom stereocenters. The maximum atomic E-state index is 5.75. The van der Waals surface area contributed by atoms with Crippen molar-refractivity contribution in [2.75, 3.05) is 32.8 Å². The van der Waals surface area contributed by atoms with E-state index in [0.29, 0.717) is 11.6 Å². The summed E-state index contributed by atoms with van der Waals surface area (Å²) in [5, 5.41) is 3.60. The summed E-state index contributed by atoms with van der Waals surface area (Å²) in [5.74, 6) is 0. The van der Waals surface area contributed by atoms with Gasteiger partial charge in [0.05, 0.1) is 6.10 Å². The molecule has 3 aliphatic rings. The zero-order valence-electron chi connectivity index (χ0n) is 10.9. The van der Waals surface area contributed by atoms with Crippen LogP contribution in [0.25, 0.3) is 0 Å². The van der Waals surface area contributed by atoms with Gasteiger partial charge in [0, 0.05) is 38.3 Å². The van der Waals surface area contributed by atoms with Crippen molar-refractivity contribution in [3.8, 4) is 0 Å². The molecule has 1 saturated carbocycles. The molecule has 0 aromatic heterocycles. The van der Waals surface area contributed by atoms with E-state index in [1.807, 2.05) is 0 Å². The summed E-state index contributed by atoms with van der Waals surface area (Å²) in [5.41, 5.74) is 0.511. The Balaban J connectivity index is 1.55. The molecule has 0 amide bonds. The van der Waals surface area contributed by atoms with E-state index in [-0.39, 0.29) is 0 Å². The Bertz CT molecular complexity index is 245. The summed E-state index contributed by atoms with van der Waals surface area (Å²) in [7, 11) is 0. The second-order valence-electron chi connectivity index (χ2n) is 6.02. The van der Waals surface area contributed by atoms with Gasteiger partial charge < -0.3 is 10.1 Å². The normalized spacial score (nSPS) is 33.5. The molecular formula is C14H26N2O. The lowest BCUT2D eigenvalue weighted by atomic mass is 9.92. The van der Waals surface area contributed by atoms with Crippen molar-refractivity contribution in [1.82, 2.24) is 10.2 Å². The van der Waals surface area contributed by atoms with Crippen molar-refractivity contribution in [1.29, 1.82) is 0 Å². The van der Waals surface area contributed by atoms with E-state index in [0.717, 1.165) is 6.61 Å². The topological polar surface area (TPSA) is 24.5 Å². The molecular weight excluding hydrogens is 212 g/mol. The molecule has 0 aromatic rings. The van der Waals surface area contributed by atoms with Crippen LogP contribution in [0.2, 0.25) is 0 Å². The highest BCUT2D eigenvalue weighted by Crippen LogP contribution is 2.36. The average Bonchev–Trinajstić information content (AvgIpc) is 3.00. The Morgan fingerprint density at radius 1 is 1.24 bits per heavy atom. The maximum absolute atomic E-state index is 5.75. The Hall–Kier alpha value is -0.120. The third kappa shape index (κ3) is 2.51. The van der Waals surface area contributed by atoms with Gasteiger partial charge in [0.1, 0.15) is 0 Å². The average molecular weight is 238 g/mol. The number of hydrogen-bond acceptors (Lipinski definition) is 3. The zero-order chi connectivity index (χ0) is 11.6. The molecule has 1 aliphatic carbocycles. The molecule has 0 aromatic carbocycles. The second kappa shape index (κ2) is 5.25. The number of rotatable bonds is 3. The minimum absolute atomic E-state index is 0.511. The lowest BCUT2D eigenvalue weighted by molar-refractivity contribution is 0.0379. The van der Waals surface area contributed by atoms with Crippen LogP contribution in [0.5, 0.6) is 0 Å². The smallest absolute Gasteiger partial charge is 0.0588 e. The summed E-state index contributed by atoms with van der Waals surface area (Å²) in [4.78, 5) is 2.78. The predicted molar refractivity (Wildman–Crippen MR) is 69.2 cm³/mol. The van der Waals surface area contributed by atoms with Gasteiger partial charge in [-0.2, -0.15) is 0 Å². The van der Waals surface area contributed by atoms with E-state index in [4.69, 9.17) is 4.74 Å². The van der Waals surface area contributed by atoms with Gasteiger partial charge in [0.25, 0.3) is 0 Å². The third-order valence-electron chi connectivity index (χ3n) is 4.96. The van der Waals surface area contributed by atoms with Gasteiger partial charge >= 0.3 is 0 Å². The Kier molecular flexibility index (Phi) is 3.69. The van der Waals surface area contributed by atoms with Crippen molar-refractivity contribution in [3.05, 3.63) is 0 Å². The molecule has 0 bridgehead atoms. The summed E-state index contributed by atoms with van der Waals surface area (Å²) in [6.07, 6.45) is 10.1. The van der Waals surface area contributed by atoms with Crippen molar-refractivity contribution in [3.63, 3.8) is 0 Å². The third-order valence-corrected chi connectivity index (χ3v) is 4.96. The van der Waals surface area contributed by atoms with Crippen LogP contribution in [0, 0.1) is 0 Å². The van der Waals surface area contributed by atoms with Crippen molar-refractivity contribution in [2.24, 2.45) is 0 Å².